The van der Waals surface area contributed by atoms with Crippen LogP contribution in [0.4, 0.5) is 13.2 Å². The second-order valence-electron chi connectivity index (χ2n) is 7.84. The van der Waals surface area contributed by atoms with E-state index in [-0.39, 0.29) is 16.4 Å². The van der Waals surface area contributed by atoms with E-state index in [2.05, 4.69) is 11.1 Å². The Morgan fingerprint density at radius 3 is 2.32 bits per heavy atom. The number of rotatable bonds is 3. The summed E-state index contributed by atoms with van der Waals surface area (Å²) in [5.41, 5.74) is 2.37. The number of pyridine rings is 1. The highest BCUT2D eigenvalue weighted by atomic mass is 32.2. The Kier molecular flexibility index (Phi) is 4.41. The van der Waals surface area contributed by atoms with Crippen molar-refractivity contribution in [1.82, 2.24) is 4.98 Å². The molecule has 28 heavy (non-hydrogen) atoms. The van der Waals surface area contributed by atoms with Gasteiger partial charge in [0.25, 0.3) is 0 Å². The van der Waals surface area contributed by atoms with Gasteiger partial charge in [0.1, 0.15) is 0 Å². The zero-order chi connectivity index (χ0) is 20.2. The van der Waals surface area contributed by atoms with Gasteiger partial charge >= 0.3 is 6.18 Å². The number of benzene rings is 1. The summed E-state index contributed by atoms with van der Waals surface area (Å²) < 4.78 is 61.5. The van der Waals surface area contributed by atoms with Gasteiger partial charge in [0.15, 0.2) is 14.9 Å². The molecule has 7 heteroatoms. The summed E-state index contributed by atoms with van der Waals surface area (Å²) in [6.45, 7) is 0. The zero-order valence-electron chi connectivity index (χ0n) is 15.3. The molecule has 0 aliphatic heterocycles. The van der Waals surface area contributed by atoms with Gasteiger partial charge in [-0.15, -0.1) is 0 Å². The Labute approximate surface area is 162 Å². The summed E-state index contributed by atoms with van der Waals surface area (Å²) in [6.07, 6.45) is 4.34. The molecule has 1 spiro atoms. The van der Waals surface area contributed by atoms with Crippen LogP contribution in [0, 0.1) is 5.41 Å². The van der Waals surface area contributed by atoms with Crippen molar-refractivity contribution in [2.45, 2.75) is 42.8 Å². The van der Waals surface area contributed by atoms with Crippen LogP contribution in [0.3, 0.4) is 0 Å². The molecule has 0 amide bonds. The molecule has 1 aromatic carbocycles. The monoisotopic (exact) mass is 407 g/mol. The predicted molar refractivity (Wildman–Crippen MR) is 100 cm³/mol. The van der Waals surface area contributed by atoms with Crippen molar-refractivity contribution in [3.05, 3.63) is 65.4 Å². The molecule has 0 N–H and O–H groups in total. The molecule has 0 radical (unpaired) electrons. The van der Waals surface area contributed by atoms with E-state index in [0.29, 0.717) is 0 Å². The quantitative estimate of drug-likeness (QED) is 0.699. The minimum Gasteiger partial charge on any atom is -0.244 e. The summed E-state index contributed by atoms with van der Waals surface area (Å²) in [7, 11) is -3.32. The zero-order valence-corrected chi connectivity index (χ0v) is 16.1. The van der Waals surface area contributed by atoms with Crippen molar-refractivity contribution in [2.24, 2.45) is 5.41 Å². The third-order valence-corrected chi connectivity index (χ3v) is 7.09. The Morgan fingerprint density at radius 2 is 1.82 bits per heavy atom. The van der Waals surface area contributed by atoms with Gasteiger partial charge in [-0.25, -0.2) is 13.4 Å². The van der Waals surface area contributed by atoms with Crippen LogP contribution in [0.15, 0.2) is 53.7 Å². The standard InChI is InChI=1S/C21H20F3NO2S/c1-28(26,27)19-7-4-16(13-25-19)18-9-11-20(18)10-8-15(12-20)14-2-5-17(6-3-14)21(22,23)24/h2-8,13,18H,9-12H2,1H3. The number of nitrogens with zero attached hydrogens (tertiary/aromatic N) is 1. The first-order valence-electron chi connectivity index (χ1n) is 9.11. The lowest BCUT2D eigenvalue weighted by Gasteiger charge is -2.48. The van der Waals surface area contributed by atoms with Gasteiger partial charge in [0, 0.05) is 12.5 Å². The molecule has 3 nitrogen and oxygen atoms in total. The van der Waals surface area contributed by atoms with Crippen LogP contribution >= 0.6 is 0 Å². The van der Waals surface area contributed by atoms with E-state index in [1.54, 1.807) is 24.4 Å². The maximum atomic E-state index is 12.8. The molecule has 1 aromatic heterocycles. The fourth-order valence-corrected chi connectivity index (χ4v) is 4.99. The van der Waals surface area contributed by atoms with Crippen LogP contribution < -0.4 is 0 Å². The van der Waals surface area contributed by atoms with Crippen LogP contribution in [-0.2, 0) is 16.0 Å². The minimum atomic E-state index is -4.33. The van der Waals surface area contributed by atoms with E-state index in [0.717, 1.165) is 60.8 Å². The molecule has 2 aliphatic rings. The largest absolute Gasteiger partial charge is 0.416 e. The van der Waals surface area contributed by atoms with E-state index >= 15 is 0 Å². The number of aromatic nitrogens is 1. The topological polar surface area (TPSA) is 47.0 Å². The molecule has 1 heterocycles. The van der Waals surface area contributed by atoms with E-state index in [1.165, 1.54) is 0 Å². The Balaban J connectivity index is 1.51. The molecule has 4 rings (SSSR count). The fourth-order valence-electron chi connectivity index (χ4n) is 4.43. The van der Waals surface area contributed by atoms with Gasteiger partial charge in [-0.05, 0) is 71.9 Å². The van der Waals surface area contributed by atoms with Crippen LogP contribution in [0.2, 0.25) is 0 Å². The minimum absolute atomic E-state index is 0.0618. The van der Waals surface area contributed by atoms with E-state index < -0.39 is 21.6 Å². The summed E-state index contributed by atoms with van der Waals surface area (Å²) >= 11 is 0. The van der Waals surface area contributed by atoms with Gasteiger partial charge in [-0.1, -0.05) is 24.3 Å². The van der Waals surface area contributed by atoms with Crippen LogP contribution in [0.25, 0.3) is 5.57 Å². The van der Waals surface area contributed by atoms with Crippen molar-refractivity contribution in [3.63, 3.8) is 0 Å². The number of sulfone groups is 1. The number of allylic oxidation sites excluding steroid dienone is 2. The Morgan fingerprint density at radius 1 is 1.11 bits per heavy atom. The number of hydrogen-bond acceptors (Lipinski definition) is 3. The third-order valence-electron chi connectivity index (χ3n) is 6.09. The van der Waals surface area contributed by atoms with Crippen molar-refractivity contribution in [2.75, 3.05) is 6.26 Å². The molecule has 0 saturated heterocycles. The number of alkyl halides is 3. The molecule has 2 atom stereocenters. The molecule has 2 aromatic rings. The molecule has 1 saturated carbocycles. The van der Waals surface area contributed by atoms with Crippen LogP contribution in [0.1, 0.15) is 48.3 Å². The van der Waals surface area contributed by atoms with Gasteiger partial charge in [0.2, 0.25) is 0 Å². The van der Waals surface area contributed by atoms with Crippen molar-refractivity contribution >= 4 is 15.4 Å². The summed E-state index contributed by atoms with van der Waals surface area (Å²) in [5.74, 6) is 0.289. The first-order valence-corrected chi connectivity index (χ1v) is 11.0. The first-order chi connectivity index (χ1) is 13.1. The third kappa shape index (κ3) is 3.36. The smallest absolute Gasteiger partial charge is 0.244 e. The number of hydrogen-bond donors (Lipinski definition) is 0. The predicted octanol–water partition coefficient (Wildman–Crippen LogP) is 5.25. The molecule has 1 fully saturated rings. The highest BCUT2D eigenvalue weighted by Gasteiger charge is 2.49. The second kappa shape index (κ2) is 6.44. The lowest BCUT2D eigenvalue weighted by Crippen LogP contribution is -2.36. The first kappa shape index (κ1) is 19.2. The van der Waals surface area contributed by atoms with Gasteiger partial charge in [-0.2, -0.15) is 13.2 Å². The second-order valence-corrected chi connectivity index (χ2v) is 9.80. The van der Waals surface area contributed by atoms with E-state index in [4.69, 9.17) is 0 Å². The summed E-state index contributed by atoms with van der Waals surface area (Å²) in [4.78, 5) is 4.11. The highest BCUT2D eigenvalue weighted by Crippen LogP contribution is 2.62. The molecular formula is C21H20F3NO2S. The Bertz CT molecular complexity index is 1020. The van der Waals surface area contributed by atoms with Gasteiger partial charge in [-0.3, -0.25) is 0 Å². The molecule has 0 bridgehead atoms. The van der Waals surface area contributed by atoms with Crippen LogP contribution in [0.5, 0.6) is 0 Å². The average Bonchev–Trinajstić information content (AvgIpc) is 3.08. The average molecular weight is 407 g/mol. The van der Waals surface area contributed by atoms with Crippen molar-refractivity contribution in [1.29, 1.82) is 0 Å². The van der Waals surface area contributed by atoms with E-state index in [9.17, 15) is 21.6 Å². The highest BCUT2D eigenvalue weighted by molar-refractivity contribution is 7.90. The van der Waals surface area contributed by atoms with Crippen LogP contribution in [-0.4, -0.2) is 19.7 Å². The lowest BCUT2D eigenvalue weighted by molar-refractivity contribution is -0.137. The van der Waals surface area contributed by atoms with E-state index in [1.807, 2.05) is 6.07 Å². The summed E-state index contributed by atoms with van der Waals surface area (Å²) in [5, 5.41) is 0.0691. The SMILES string of the molecule is CS(=O)(=O)c1ccc(C2CCC23CC=C(c2ccc(C(F)(F)F)cc2)C3)cn1. The number of halogens is 3. The van der Waals surface area contributed by atoms with Gasteiger partial charge < -0.3 is 0 Å². The maximum absolute atomic E-state index is 12.8. The van der Waals surface area contributed by atoms with Gasteiger partial charge in [0.05, 0.1) is 5.56 Å². The molecule has 2 unspecified atom stereocenters. The molecule has 148 valence electrons. The lowest BCUT2D eigenvalue weighted by atomic mass is 9.56. The molecule has 2 aliphatic carbocycles. The summed E-state index contributed by atoms with van der Waals surface area (Å²) in [6, 6.07) is 8.75. The molecular weight excluding hydrogens is 387 g/mol. The Hall–Kier alpha value is -2.15. The van der Waals surface area contributed by atoms with Crippen molar-refractivity contribution in [3.8, 4) is 0 Å². The normalized spacial score (nSPS) is 24.9. The maximum Gasteiger partial charge on any atom is 0.416 e. The van der Waals surface area contributed by atoms with Crippen molar-refractivity contribution < 1.29 is 21.6 Å². The fraction of sp³-hybridized carbons (Fsp3) is 0.381.